The summed E-state index contributed by atoms with van der Waals surface area (Å²) in [4.78, 5) is 18.6. The molecular weight excluding hydrogens is 633 g/mol. The molecule has 2 fully saturated rings. The van der Waals surface area contributed by atoms with Crippen LogP contribution in [0, 0.1) is 11.8 Å². The zero-order valence-electron chi connectivity index (χ0n) is 29.4. The van der Waals surface area contributed by atoms with Gasteiger partial charge in [-0.1, -0.05) is 72.2 Å². The molecule has 0 radical (unpaired) electrons. The fourth-order valence-electron chi connectivity index (χ4n) is 7.54. The number of rotatable bonds is 17. The molecule has 0 saturated carbocycles. The quantitative estimate of drug-likeness (QED) is 0.0918. The first-order chi connectivity index (χ1) is 24.1. The average molecular weight is 687 g/mol. The highest BCUT2D eigenvalue weighted by molar-refractivity contribution is 7.14. The van der Waals surface area contributed by atoms with E-state index >= 15 is 0 Å². The van der Waals surface area contributed by atoms with Crippen LogP contribution in [0.25, 0.3) is 10.1 Å². The van der Waals surface area contributed by atoms with Crippen molar-refractivity contribution in [2.75, 3.05) is 53.7 Å². The van der Waals surface area contributed by atoms with Gasteiger partial charge in [0.25, 0.3) is 5.56 Å². The van der Waals surface area contributed by atoms with Gasteiger partial charge in [0.15, 0.2) is 11.5 Å². The average Bonchev–Trinajstić information content (AvgIpc) is 3.45. The summed E-state index contributed by atoms with van der Waals surface area (Å²) in [6, 6.07) is 23.3. The summed E-state index contributed by atoms with van der Waals surface area (Å²) in [6.07, 6.45) is 9.49. The maximum Gasteiger partial charge on any atom is 0.268 e. The van der Waals surface area contributed by atoms with Gasteiger partial charge in [0, 0.05) is 19.6 Å². The summed E-state index contributed by atoms with van der Waals surface area (Å²) in [5, 5.41) is 4.07. The van der Waals surface area contributed by atoms with Gasteiger partial charge in [-0.3, -0.25) is 23.9 Å². The molecule has 3 heterocycles. The van der Waals surface area contributed by atoms with Gasteiger partial charge in [-0.15, -0.1) is 0 Å². The van der Waals surface area contributed by atoms with E-state index in [0.717, 1.165) is 75.1 Å². The first-order valence-electron chi connectivity index (χ1n) is 18.3. The SMILES string of the molecule is COc1cc2c(=O)n(CCCC3CCN(Cc4ccccc4)CC3)sc2c(OC)c1OCNCCCC1CCN(Cc2ccccc2)CC1. The second-order valence-corrected chi connectivity index (χ2v) is 14.8. The molecule has 264 valence electrons. The topological polar surface area (TPSA) is 68.2 Å². The molecule has 2 saturated heterocycles. The Kier molecular flexibility index (Phi) is 13.1. The number of ether oxygens (including phenoxy) is 3. The summed E-state index contributed by atoms with van der Waals surface area (Å²) in [7, 11) is 3.25. The molecule has 0 spiro atoms. The highest BCUT2D eigenvalue weighted by atomic mass is 32.1. The molecule has 6 rings (SSSR count). The molecule has 4 aromatic rings. The van der Waals surface area contributed by atoms with Crippen molar-refractivity contribution in [3.05, 3.63) is 88.2 Å². The van der Waals surface area contributed by atoms with Gasteiger partial charge in [0.05, 0.1) is 19.6 Å². The van der Waals surface area contributed by atoms with Crippen molar-refractivity contribution >= 4 is 21.6 Å². The van der Waals surface area contributed by atoms with Crippen molar-refractivity contribution in [1.82, 2.24) is 19.1 Å². The lowest BCUT2D eigenvalue weighted by Gasteiger charge is -2.32. The van der Waals surface area contributed by atoms with Crippen molar-refractivity contribution in [2.45, 2.75) is 71.0 Å². The Morgan fingerprint density at radius 2 is 1.33 bits per heavy atom. The van der Waals surface area contributed by atoms with E-state index in [-0.39, 0.29) is 5.56 Å². The van der Waals surface area contributed by atoms with Crippen LogP contribution in [0.1, 0.15) is 62.5 Å². The number of aryl methyl sites for hydroxylation is 1. The minimum Gasteiger partial charge on any atom is -0.493 e. The molecular formula is C40H54N4O4S. The minimum atomic E-state index is 0.0184. The summed E-state index contributed by atoms with van der Waals surface area (Å²) in [6.45, 7) is 8.72. The smallest absolute Gasteiger partial charge is 0.268 e. The lowest BCUT2D eigenvalue weighted by atomic mass is 9.92. The van der Waals surface area contributed by atoms with E-state index in [1.165, 1.54) is 67.9 Å². The van der Waals surface area contributed by atoms with Crippen LogP contribution < -0.4 is 25.1 Å². The predicted octanol–water partition coefficient (Wildman–Crippen LogP) is 7.39. The van der Waals surface area contributed by atoms with Gasteiger partial charge in [0.1, 0.15) is 11.4 Å². The van der Waals surface area contributed by atoms with Crippen LogP contribution in [-0.2, 0) is 19.6 Å². The monoisotopic (exact) mass is 686 g/mol. The van der Waals surface area contributed by atoms with Crippen LogP contribution in [0.2, 0.25) is 0 Å². The maximum atomic E-state index is 13.4. The molecule has 9 heteroatoms. The third-order valence-electron chi connectivity index (χ3n) is 10.4. The molecule has 2 aliphatic rings. The molecule has 1 N–H and O–H groups in total. The van der Waals surface area contributed by atoms with E-state index in [4.69, 9.17) is 14.2 Å². The lowest BCUT2D eigenvalue weighted by molar-refractivity contribution is 0.170. The Bertz CT molecular complexity index is 1630. The largest absolute Gasteiger partial charge is 0.493 e. The number of likely N-dealkylation sites (tertiary alicyclic amines) is 2. The van der Waals surface area contributed by atoms with Gasteiger partial charge >= 0.3 is 0 Å². The summed E-state index contributed by atoms with van der Waals surface area (Å²) < 4.78 is 20.4. The van der Waals surface area contributed by atoms with Crippen molar-refractivity contribution in [3.63, 3.8) is 0 Å². The van der Waals surface area contributed by atoms with Crippen molar-refractivity contribution in [2.24, 2.45) is 11.8 Å². The van der Waals surface area contributed by atoms with E-state index < -0.39 is 0 Å². The number of piperidine rings is 2. The van der Waals surface area contributed by atoms with E-state index in [9.17, 15) is 4.79 Å². The number of nitrogens with zero attached hydrogens (tertiary/aromatic N) is 3. The van der Waals surface area contributed by atoms with Crippen molar-refractivity contribution in [1.29, 1.82) is 0 Å². The van der Waals surface area contributed by atoms with E-state index in [1.807, 2.05) is 10.0 Å². The second kappa shape index (κ2) is 18.0. The third kappa shape index (κ3) is 9.66. The number of methoxy groups -OCH3 is 2. The number of aromatic nitrogens is 1. The normalized spacial score (nSPS) is 16.7. The predicted molar refractivity (Wildman–Crippen MR) is 200 cm³/mol. The van der Waals surface area contributed by atoms with Gasteiger partial charge in [-0.25, -0.2) is 0 Å². The van der Waals surface area contributed by atoms with E-state index in [2.05, 4.69) is 75.8 Å². The summed E-state index contributed by atoms with van der Waals surface area (Å²) in [5.41, 5.74) is 2.81. The highest BCUT2D eigenvalue weighted by Gasteiger charge is 2.23. The molecule has 1 aromatic heterocycles. The molecule has 8 nitrogen and oxygen atoms in total. The Labute approximate surface area is 296 Å². The molecule has 2 aliphatic heterocycles. The third-order valence-corrected chi connectivity index (χ3v) is 11.6. The van der Waals surface area contributed by atoms with Gasteiger partial charge < -0.3 is 14.2 Å². The highest BCUT2D eigenvalue weighted by Crippen LogP contribution is 2.44. The Hall–Kier alpha value is -3.37. The molecule has 0 atom stereocenters. The van der Waals surface area contributed by atoms with Gasteiger partial charge in [-0.05, 0) is 113 Å². The number of nitrogens with one attached hydrogen (secondary N) is 1. The molecule has 0 aliphatic carbocycles. The minimum absolute atomic E-state index is 0.0184. The summed E-state index contributed by atoms with van der Waals surface area (Å²) in [5.74, 6) is 3.16. The van der Waals surface area contributed by atoms with Crippen molar-refractivity contribution < 1.29 is 14.2 Å². The van der Waals surface area contributed by atoms with E-state index in [0.29, 0.717) is 29.4 Å². The van der Waals surface area contributed by atoms with Crippen LogP contribution >= 0.6 is 11.5 Å². The number of hydrogen-bond acceptors (Lipinski definition) is 8. The number of hydrogen-bond donors (Lipinski definition) is 1. The Balaban J connectivity index is 0.936. The fraction of sp³-hybridized carbons (Fsp3) is 0.525. The first kappa shape index (κ1) is 35.5. The van der Waals surface area contributed by atoms with Crippen molar-refractivity contribution in [3.8, 4) is 17.2 Å². The lowest BCUT2D eigenvalue weighted by Crippen LogP contribution is -2.33. The zero-order chi connectivity index (χ0) is 33.8. The van der Waals surface area contributed by atoms with Gasteiger partial charge in [-0.2, -0.15) is 0 Å². The Morgan fingerprint density at radius 3 is 1.88 bits per heavy atom. The fourth-order valence-corrected chi connectivity index (χ4v) is 8.67. The number of benzene rings is 3. The molecule has 0 amide bonds. The second-order valence-electron chi connectivity index (χ2n) is 13.8. The van der Waals surface area contributed by atoms with E-state index in [1.54, 1.807) is 14.2 Å². The molecule has 0 bridgehead atoms. The number of fused-ring (bicyclic) bond motifs is 1. The van der Waals surface area contributed by atoms with Crippen LogP contribution in [-0.4, -0.2) is 67.4 Å². The van der Waals surface area contributed by atoms with Crippen LogP contribution in [0.5, 0.6) is 17.2 Å². The maximum absolute atomic E-state index is 13.4. The summed E-state index contributed by atoms with van der Waals surface area (Å²) >= 11 is 1.47. The molecule has 3 aromatic carbocycles. The zero-order valence-corrected chi connectivity index (χ0v) is 30.2. The Morgan fingerprint density at radius 1 is 0.755 bits per heavy atom. The van der Waals surface area contributed by atoms with Crippen LogP contribution in [0.4, 0.5) is 0 Å². The standard InChI is InChI=1S/C40H54N4O4S/c1-46-36-27-35-39(49-44(40(35)45)22-10-16-32-19-25-43(26-20-32)29-34-13-7-4-8-14-34)38(47-2)37(36)48-30-41-21-9-15-31-17-23-42(24-18-31)28-33-11-5-3-6-12-33/h3-8,11-14,27,31-32,41H,9-10,15-26,28-30H2,1-2H3. The molecule has 49 heavy (non-hydrogen) atoms. The van der Waals surface area contributed by atoms with Crippen LogP contribution in [0.3, 0.4) is 0 Å². The molecule has 0 unspecified atom stereocenters. The first-order valence-corrected chi connectivity index (χ1v) is 19.0. The van der Waals surface area contributed by atoms with Gasteiger partial charge in [0.2, 0.25) is 5.75 Å². The van der Waals surface area contributed by atoms with Crippen LogP contribution in [0.15, 0.2) is 71.5 Å².